The van der Waals surface area contributed by atoms with Crippen LogP contribution in [-0.4, -0.2) is 52.4 Å². The van der Waals surface area contributed by atoms with E-state index in [2.05, 4.69) is 10.2 Å². The first-order valence-electron chi connectivity index (χ1n) is 11.5. The molecule has 0 spiro atoms. The Balaban J connectivity index is 1.50. The lowest BCUT2D eigenvalue weighted by Crippen LogP contribution is -2.41. The van der Waals surface area contributed by atoms with E-state index in [0.29, 0.717) is 29.9 Å². The second-order valence-electron chi connectivity index (χ2n) is 8.76. The number of hydrogen-bond acceptors (Lipinski definition) is 4. The third kappa shape index (κ3) is 6.61. The average Bonchev–Trinajstić information content (AvgIpc) is 3.24. The van der Waals surface area contributed by atoms with E-state index in [4.69, 9.17) is 16.7 Å². The zero-order valence-corrected chi connectivity index (χ0v) is 19.8. The highest BCUT2D eigenvalue weighted by Crippen LogP contribution is 2.22. The standard InChI is InChI=1S/C25H26ClF3N4O2/c26-18-9-7-17(8-10-18)14-22-20-5-1-2-6-21(20)24(35)33(31-22)16-19-4-3-12-32(19)13-11-30-23(34)15-25(27,28)29/h1-2,5-10,19H,3-4,11-16H2,(H,30,34). The number of carbonyl (C=O) groups excluding carboxylic acids is 1. The molecule has 186 valence electrons. The van der Waals surface area contributed by atoms with E-state index in [-0.39, 0.29) is 18.1 Å². The number of nitrogens with one attached hydrogen (secondary N) is 1. The predicted octanol–water partition coefficient (Wildman–Crippen LogP) is 4.17. The first kappa shape index (κ1) is 25.2. The van der Waals surface area contributed by atoms with Gasteiger partial charge in [-0.25, -0.2) is 4.68 Å². The summed E-state index contributed by atoms with van der Waals surface area (Å²) in [5.41, 5.74) is 1.63. The zero-order chi connectivity index (χ0) is 25.0. The minimum absolute atomic E-state index is 0.00395. The Kier molecular flexibility index (Phi) is 7.76. The fourth-order valence-corrected chi connectivity index (χ4v) is 4.66. The lowest BCUT2D eigenvalue weighted by atomic mass is 10.0. The van der Waals surface area contributed by atoms with Crippen LogP contribution in [0.25, 0.3) is 10.8 Å². The summed E-state index contributed by atoms with van der Waals surface area (Å²) in [7, 11) is 0. The number of carbonyl (C=O) groups is 1. The van der Waals surface area contributed by atoms with Crippen molar-refractivity contribution in [1.82, 2.24) is 20.0 Å². The van der Waals surface area contributed by atoms with Crippen LogP contribution in [0.1, 0.15) is 30.5 Å². The summed E-state index contributed by atoms with van der Waals surface area (Å²) in [6.07, 6.45) is -3.72. The van der Waals surface area contributed by atoms with Crippen LogP contribution < -0.4 is 10.9 Å². The molecule has 1 saturated heterocycles. The van der Waals surface area contributed by atoms with Gasteiger partial charge < -0.3 is 5.32 Å². The predicted molar refractivity (Wildman–Crippen MR) is 129 cm³/mol. The van der Waals surface area contributed by atoms with Crippen LogP contribution in [0.2, 0.25) is 5.02 Å². The van der Waals surface area contributed by atoms with Crippen molar-refractivity contribution in [2.75, 3.05) is 19.6 Å². The summed E-state index contributed by atoms with van der Waals surface area (Å²) >= 11 is 6.01. The number of benzene rings is 2. The SMILES string of the molecule is O=C(CC(F)(F)F)NCCN1CCCC1Cn1nc(Cc2ccc(Cl)cc2)c2ccccc2c1=O. The highest BCUT2D eigenvalue weighted by Gasteiger charge is 2.31. The van der Waals surface area contributed by atoms with Crippen LogP contribution >= 0.6 is 11.6 Å². The molecule has 0 aliphatic carbocycles. The average molecular weight is 507 g/mol. The third-order valence-corrected chi connectivity index (χ3v) is 6.45. The monoisotopic (exact) mass is 506 g/mol. The van der Waals surface area contributed by atoms with Gasteiger partial charge in [-0.1, -0.05) is 41.9 Å². The van der Waals surface area contributed by atoms with Gasteiger partial charge >= 0.3 is 6.18 Å². The third-order valence-electron chi connectivity index (χ3n) is 6.19. The molecule has 1 aliphatic heterocycles. The molecule has 0 bridgehead atoms. The number of nitrogens with zero attached hydrogens (tertiary/aromatic N) is 3. The Morgan fingerprint density at radius 1 is 1.11 bits per heavy atom. The van der Waals surface area contributed by atoms with Crippen molar-refractivity contribution >= 4 is 28.3 Å². The number of hydrogen-bond donors (Lipinski definition) is 1. The number of alkyl halides is 3. The van der Waals surface area contributed by atoms with E-state index in [9.17, 15) is 22.8 Å². The zero-order valence-electron chi connectivity index (χ0n) is 19.0. The number of likely N-dealkylation sites (tertiary alicyclic amines) is 1. The molecule has 1 fully saturated rings. The van der Waals surface area contributed by atoms with Crippen molar-refractivity contribution in [3.63, 3.8) is 0 Å². The number of aromatic nitrogens is 2. The summed E-state index contributed by atoms with van der Waals surface area (Å²) in [5, 5.41) is 9.09. The Bertz CT molecular complexity index is 1240. The fourth-order valence-electron chi connectivity index (χ4n) is 4.53. The van der Waals surface area contributed by atoms with E-state index in [0.717, 1.165) is 36.0 Å². The molecule has 1 aromatic heterocycles. The second kappa shape index (κ2) is 10.8. The van der Waals surface area contributed by atoms with Gasteiger partial charge in [-0.3, -0.25) is 14.5 Å². The topological polar surface area (TPSA) is 67.2 Å². The van der Waals surface area contributed by atoms with Crippen LogP contribution in [0.4, 0.5) is 13.2 Å². The maximum absolute atomic E-state index is 13.2. The van der Waals surface area contributed by atoms with E-state index < -0.39 is 18.5 Å². The Labute approximate surface area is 205 Å². The second-order valence-corrected chi connectivity index (χ2v) is 9.19. The molecule has 10 heteroatoms. The van der Waals surface area contributed by atoms with Crippen molar-refractivity contribution in [3.05, 3.63) is 75.2 Å². The van der Waals surface area contributed by atoms with Gasteiger partial charge in [-0.05, 0) is 43.1 Å². The summed E-state index contributed by atoms with van der Waals surface area (Å²) in [5.74, 6) is -1.03. The maximum Gasteiger partial charge on any atom is 0.397 e. The molecule has 2 heterocycles. The summed E-state index contributed by atoms with van der Waals surface area (Å²) in [6.45, 7) is 1.65. The van der Waals surface area contributed by atoms with E-state index in [1.165, 1.54) is 4.68 Å². The molecule has 0 radical (unpaired) electrons. The molecule has 1 atom stereocenters. The van der Waals surface area contributed by atoms with Crippen LogP contribution in [0, 0.1) is 0 Å². The van der Waals surface area contributed by atoms with E-state index in [1.54, 1.807) is 6.07 Å². The molecule has 1 amide bonds. The van der Waals surface area contributed by atoms with Gasteiger partial charge in [0.15, 0.2) is 0 Å². The maximum atomic E-state index is 13.2. The molecule has 1 N–H and O–H groups in total. The molecule has 3 aromatic rings. The van der Waals surface area contributed by atoms with Crippen molar-refractivity contribution in [2.45, 2.75) is 44.4 Å². The molecule has 0 saturated carbocycles. The van der Waals surface area contributed by atoms with Crippen LogP contribution in [-0.2, 0) is 17.8 Å². The van der Waals surface area contributed by atoms with Gasteiger partial charge in [-0.15, -0.1) is 0 Å². The van der Waals surface area contributed by atoms with Crippen LogP contribution in [0.15, 0.2) is 53.3 Å². The summed E-state index contributed by atoms with van der Waals surface area (Å²) in [6, 6.07) is 14.9. The number of fused-ring (bicyclic) bond motifs is 1. The highest BCUT2D eigenvalue weighted by molar-refractivity contribution is 6.30. The van der Waals surface area contributed by atoms with Gasteiger partial charge in [0.05, 0.1) is 17.6 Å². The molecular weight excluding hydrogens is 481 g/mol. The summed E-state index contributed by atoms with van der Waals surface area (Å²) in [4.78, 5) is 26.8. The largest absolute Gasteiger partial charge is 0.397 e. The number of amides is 1. The molecule has 2 aromatic carbocycles. The lowest BCUT2D eigenvalue weighted by molar-refractivity contribution is -0.153. The minimum atomic E-state index is -4.52. The van der Waals surface area contributed by atoms with Gasteiger partial charge in [-0.2, -0.15) is 18.3 Å². The molecule has 4 rings (SSSR count). The Morgan fingerprint density at radius 3 is 2.54 bits per heavy atom. The molecular formula is C25H26ClF3N4O2. The first-order chi connectivity index (χ1) is 16.7. The smallest absolute Gasteiger partial charge is 0.355 e. The van der Waals surface area contributed by atoms with Gasteiger partial charge in [0.25, 0.3) is 5.56 Å². The molecule has 1 aliphatic rings. The normalized spacial score (nSPS) is 16.6. The fraction of sp³-hybridized carbons (Fsp3) is 0.400. The van der Waals surface area contributed by atoms with Gasteiger partial charge in [0.2, 0.25) is 5.91 Å². The lowest BCUT2D eigenvalue weighted by Gasteiger charge is -2.25. The molecule has 35 heavy (non-hydrogen) atoms. The van der Waals surface area contributed by atoms with Crippen LogP contribution in [0.5, 0.6) is 0 Å². The molecule has 1 unspecified atom stereocenters. The van der Waals surface area contributed by atoms with E-state index in [1.807, 2.05) is 42.5 Å². The quantitative estimate of drug-likeness (QED) is 0.498. The summed E-state index contributed by atoms with van der Waals surface area (Å²) < 4.78 is 38.6. The van der Waals surface area contributed by atoms with Crippen molar-refractivity contribution in [2.24, 2.45) is 0 Å². The number of rotatable bonds is 8. The van der Waals surface area contributed by atoms with Crippen molar-refractivity contribution in [1.29, 1.82) is 0 Å². The van der Waals surface area contributed by atoms with Gasteiger partial charge in [0, 0.05) is 36.0 Å². The number of halogens is 4. The van der Waals surface area contributed by atoms with E-state index >= 15 is 0 Å². The van der Waals surface area contributed by atoms with Gasteiger partial charge in [0.1, 0.15) is 6.42 Å². The molecule has 6 nitrogen and oxygen atoms in total. The highest BCUT2D eigenvalue weighted by atomic mass is 35.5. The van der Waals surface area contributed by atoms with Crippen molar-refractivity contribution in [3.8, 4) is 0 Å². The van der Waals surface area contributed by atoms with Crippen molar-refractivity contribution < 1.29 is 18.0 Å². The minimum Gasteiger partial charge on any atom is -0.355 e. The Hall–Kier alpha value is -2.91. The Morgan fingerprint density at radius 2 is 1.83 bits per heavy atom. The van der Waals surface area contributed by atoms with Crippen LogP contribution in [0.3, 0.4) is 0 Å². The first-order valence-corrected chi connectivity index (χ1v) is 11.9.